The summed E-state index contributed by atoms with van der Waals surface area (Å²) in [6.07, 6.45) is 3.45. The van der Waals surface area contributed by atoms with Crippen LogP contribution in [0.15, 0.2) is 0 Å². The Kier molecular flexibility index (Phi) is 3.97. The van der Waals surface area contributed by atoms with Crippen LogP contribution < -0.4 is 5.32 Å². The molecule has 1 aliphatic rings. The maximum atomic E-state index is 11.8. The highest BCUT2D eigenvalue weighted by Crippen LogP contribution is 2.26. The van der Waals surface area contributed by atoms with Gasteiger partial charge >= 0.3 is 5.97 Å². The number of nitrogens with zero attached hydrogens (tertiary/aromatic N) is 2. The molecule has 1 aromatic rings. The fourth-order valence-corrected chi connectivity index (χ4v) is 2.67. The van der Waals surface area contributed by atoms with Crippen LogP contribution in [0.3, 0.4) is 0 Å². The van der Waals surface area contributed by atoms with Crippen molar-refractivity contribution in [3.63, 3.8) is 0 Å². The summed E-state index contributed by atoms with van der Waals surface area (Å²) in [5, 5.41) is 12.6. The van der Waals surface area contributed by atoms with Gasteiger partial charge in [-0.25, -0.2) is 4.79 Å². The van der Waals surface area contributed by atoms with E-state index in [-0.39, 0.29) is 12.0 Å². The van der Waals surface area contributed by atoms with Gasteiger partial charge in [0.1, 0.15) is 10.6 Å². The number of carbonyl (C=O) groups excluding carboxylic acids is 1. The van der Waals surface area contributed by atoms with Crippen molar-refractivity contribution in [2.75, 3.05) is 6.54 Å². The van der Waals surface area contributed by atoms with Gasteiger partial charge in [-0.2, -0.15) is 0 Å². The van der Waals surface area contributed by atoms with E-state index in [2.05, 4.69) is 15.5 Å². The highest BCUT2D eigenvalue weighted by molar-refractivity contribution is 7.13. The number of hydrogen-bond acceptors (Lipinski definition) is 6. The third-order valence-corrected chi connectivity index (χ3v) is 3.64. The molecule has 0 radical (unpaired) electrons. The molecular formula is C12H19N3O2S. The second-order valence-electron chi connectivity index (χ2n) is 5.45. The van der Waals surface area contributed by atoms with E-state index in [9.17, 15) is 4.79 Å². The van der Waals surface area contributed by atoms with Crippen molar-refractivity contribution < 1.29 is 9.53 Å². The topological polar surface area (TPSA) is 64.1 Å². The van der Waals surface area contributed by atoms with Crippen molar-refractivity contribution in [2.45, 2.75) is 51.7 Å². The molecule has 1 atom stereocenters. The standard InChI is InChI=1S/C12H19N3O2S/c1-12(2,3)17-11(16)10-15-14-9(18-10)8-6-4-5-7-13-8/h8,13H,4-7H2,1-3H3. The Bertz CT molecular complexity index is 419. The summed E-state index contributed by atoms with van der Waals surface area (Å²) in [6, 6.07) is 0.243. The Morgan fingerprint density at radius 1 is 1.39 bits per heavy atom. The monoisotopic (exact) mass is 269 g/mol. The predicted molar refractivity (Wildman–Crippen MR) is 69.7 cm³/mol. The molecular weight excluding hydrogens is 250 g/mol. The van der Waals surface area contributed by atoms with Gasteiger partial charge in [-0.15, -0.1) is 10.2 Å². The van der Waals surface area contributed by atoms with Crippen molar-refractivity contribution in [1.29, 1.82) is 0 Å². The van der Waals surface area contributed by atoms with Gasteiger partial charge in [0, 0.05) is 0 Å². The first-order valence-corrected chi connectivity index (χ1v) is 7.07. The maximum absolute atomic E-state index is 11.8. The Morgan fingerprint density at radius 3 is 2.78 bits per heavy atom. The summed E-state index contributed by atoms with van der Waals surface area (Å²) in [5.74, 6) is -0.387. The molecule has 18 heavy (non-hydrogen) atoms. The van der Waals surface area contributed by atoms with E-state index in [0.29, 0.717) is 5.01 Å². The van der Waals surface area contributed by atoms with Crippen LogP contribution in [0.5, 0.6) is 0 Å². The van der Waals surface area contributed by atoms with Gasteiger partial charge in [0.15, 0.2) is 0 Å². The van der Waals surface area contributed by atoms with Crippen molar-refractivity contribution >= 4 is 17.3 Å². The first-order chi connectivity index (χ1) is 8.46. The lowest BCUT2D eigenvalue weighted by atomic mass is 10.1. The third kappa shape index (κ3) is 3.49. The largest absolute Gasteiger partial charge is 0.455 e. The Labute approximate surface area is 111 Å². The van der Waals surface area contributed by atoms with Gasteiger partial charge in [0.2, 0.25) is 5.01 Å². The lowest BCUT2D eigenvalue weighted by Gasteiger charge is -2.20. The van der Waals surface area contributed by atoms with Gasteiger partial charge in [-0.1, -0.05) is 17.8 Å². The molecule has 0 aliphatic carbocycles. The third-order valence-electron chi connectivity index (χ3n) is 2.62. The zero-order valence-electron chi connectivity index (χ0n) is 11.0. The number of aromatic nitrogens is 2. The molecule has 2 rings (SSSR count). The normalized spacial score (nSPS) is 20.7. The summed E-state index contributed by atoms with van der Waals surface area (Å²) in [6.45, 7) is 6.53. The van der Waals surface area contributed by atoms with Crippen LogP contribution in [0.2, 0.25) is 0 Å². The second-order valence-corrected chi connectivity index (χ2v) is 6.46. The van der Waals surface area contributed by atoms with E-state index in [0.717, 1.165) is 18.0 Å². The summed E-state index contributed by atoms with van der Waals surface area (Å²) < 4.78 is 5.27. The van der Waals surface area contributed by atoms with Crippen molar-refractivity contribution in [3.05, 3.63) is 10.0 Å². The minimum Gasteiger partial charge on any atom is -0.455 e. The summed E-state index contributed by atoms with van der Waals surface area (Å²) in [5.41, 5.74) is -0.494. The zero-order chi connectivity index (χ0) is 13.2. The molecule has 2 heterocycles. The average molecular weight is 269 g/mol. The minimum absolute atomic E-state index is 0.243. The van der Waals surface area contributed by atoms with E-state index < -0.39 is 5.60 Å². The van der Waals surface area contributed by atoms with Crippen LogP contribution in [0, 0.1) is 0 Å². The van der Waals surface area contributed by atoms with Crippen molar-refractivity contribution in [2.24, 2.45) is 0 Å². The first kappa shape index (κ1) is 13.4. The summed E-state index contributed by atoms with van der Waals surface area (Å²) >= 11 is 1.33. The SMILES string of the molecule is CC(C)(C)OC(=O)c1nnc(C2CCCCN2)s1. The van der Waals surface area contributed by atoms with Crippen molar-refractivity contribution in [3.8, 4) is 0 Å². The van der Waals surface area contributed by atoms with Crippen LogP contribution in [0.1, 0.15) is 60.9 Å². The summed E-state index contributed by atoms with van der Waals surface area (Å²) in [7, 11) is 0. The van der Waals surface area contributed by atoms with E-state index >= 15 is 0 Å². The van der Waals surface area contributed by atoms with E-state index in [1.54, 1.807) is 0 Å². The molecule has 1 fully saturated rings. The second kappa shape index (κ2) is 5.32. The molecule has 1 unspecified atom stereocenters. The molecule has 1 N–H and O–H groups in total. The molecule has 0 bridgehead atoms. The van der Waals surface area contributed by atoms with Crippen LogP contribution >= 0.6 is 11.3 Å². The smallest absolute Gasteiger partial charge is 0.369 e. The minimum atomic E-state index is -0.494. The molecule has 1 aliphatic heterocycles. The lowest BCUT2D eigenvalue weighted by Crippen LogP contribution is -2.26. The molecule has 0 saturated carbocycles. The maximum Gasteiger partial charge on any atom is 0.369 e. The van der Waals surface area contributed by atoms with Crippen LogP contribution in [0.4, 0.5) is 0 Å². The van der Waals surface area contributed by atoms with Crippen LogP contribution in [0.25, 0.3) is 0 Å². The predicted octanol–water partition coefficient (Wildman–Crippen LogP) is 2.31. The zero-order valence-corrected chi connectivity index (χ0v) is 11.8. The fraction of sp³-hybridized carbons (Fsp3) is 0.750. The summed E-state index contributed by atoms with van der Waals surface area (Å²) in [4.78, 5) is 11.8. The van der Waals surface area contributed by atoms with Crippen molar-refractivity contribution in [1.82, 2.24) is 15.5 Å². The molecule has 100 valence electrons. The molecule has 6 heteroatoms. The number of hydrogen-bond donors (Lipinski definition) is 1. The van der Waals surface area contributed by atoms with Gasteiger partial charge in [0.25, 0.3) is 0 Å². The first-order valence-electron chi connectivity index (χ1n) is 6.26. The van der Waals surface area contributed by atoms with Gasteiger partial charge < -0.3 is 10.1 Å². The van der Waals surface area contributed by atoms with Crippen LogP contribution in [-0.2, 0) is 4.74 Å². The number of piperidine rings is 1. The number of esters is 1. The van der Waals surface area contributed by atoms with E-state index in [1.165, 1.54) is 24.2 Å². The Hall–Kier alpha value is -1.01. The average Bonchev–Trinajstić information content (AvgIpc) is 2.77. The molecule has 5 nitrogen and oxygen atoms in total. The van der Waals surface area contributed by atoms with Gasteiger partial charge in [-0.05, 0) is 40.2 Å². The van der Waals surface area contributed by atoms with Crippen LogP contribution in [-0.4, -0.2) is 28.3 Å². The number of rotatable bonds is 2. The number of nitrogens with one attached hydrogen (secondary N) is 1. The van der Waals surface area contributed by atoms with E-state index in [1.807, 2.05) is 20.8 Å². The lowest BCUT2D eigenvalue weighted by molar-refractivity contribution is 0.00683. The quantitative estimate of drug-likeness (QED) is 0.835. The number of ether oxygens (including phenoxy) is 1. The number of carbonyl (C=O) groups is 1. The van der Waals surface area contributed by atoms with Gasteiger partial charge in [0.05, 0.1) is 6.04 Å². The molecule has 1 aromatic heterocycles. The molecule has 0 spiro atoms. The molecule has 1 saturated heterocycles. The Balaban J connectivity index is 2.03. The van der Waals surface area contributed by atoms with Gasteiger partial charge in [-0.3, -0.25) is 0 Å². The Morgan fingerprint density at radius 2 is 2.17 bits per heavy atom. The highest BCUT2D eigenvalue weighted by atomic mass is 32.1. The van der Waals surface area contributed by atoms with E-state index in [4.69, 9.17) is 4.74 Å². The fourth-order valence-electron chi connectivity index (χ4n) is 1.84. The highest BCUT2D eigenvalue weighted by Gasteiger charge is 2.24. The molecule has 0 aromatic carbocycles. The molecule has 0 amide bonds.